The summed E-state index contributed by atoms with van der Waals surface area (Å²) < 4.78 is 5.95. The van der Waals surface area contributed by atoms with Crippen LogP contribution in [0.15, 0.2) is 17.8 Å². The van der Waals surface area contributed by atoms with E-state index in [1.165, 1.54) is 0 Å². The van der Waals surface area contributed by atoms with Gasteiger partial charge in [0, 0.05) is 42.8 Å². The number of nitrogens with zero attached hydrogens (tertiary/aromatic N) is 4. The van der Waals surface area contributed by atoms with Crippen LogP contribution < -0.4 is 0 Å². The Labute approximate surface area is 141 Å². The number of thiazole rings is 1. The molecule has 1 saturated heterocycles. The maximum absolute atomic E-state index is 5.95. The lowest BCUT2D eigenvalue weighted by atomic mass is 9.93. The van der Waals surface area contributed by atoms with E-state index in [9.17, 15) is 0 Å². The first-order chi connectivity index (χ1) is 10.9. The van der Waals surface area contributed by atoms with Crippen molar-refractivity contribution in [1.29, 1.82) is 0 Å². The largest absolute Gasteiger partial charge is 0.368 e. The third-order valence-electron chi connectivity index (χ3n) is 3.94. The quantitative estimate of drug-likeness (QED) is 0.864. The fourth-order valence-corrected chi connectivity index (χ4v) is 3.59. The van der Waals surface area contributed by atoms with Gasteiger partial charge >= 0.3 is 0 Å². The Kier molecular flexibility index (Phi) is 4.75. The highest BCUT2D eigenvalue weighted by Gasteiger charge is 2.26. The van der Waals surface area contributed by atoms with Crippen molar-refractivity contribution in [2.75, 3.05) is 19.7 Å². The van der Waals surface area contributed by atoms with E-state index in [0.717, 1.165) is 48.3 Å². The van der Waals surface area contributed by atoms with Crippen molar-refractivity contribution in [3.05, 3.63) is 39.9 Å². The molecule has 0 aromatic carbocycles. The van der Waals surface area contributed by atoms with E-state index in [1.807, 2.05) is 19.3 Å². The normalized spacial score (nSPS) is 19.9. The van der Waals surface area contributed by atoms with Gasteiger partial charge in [0.05, 0.1) is 23.7 Å². The molecule has 0 N–H and O–H groups in total. The molecule has 2 aromatic heterocycles. The number of hydrogen-bond acceptors (Lipinski definition) is 6. The Hall–Kier alpha value is -1.37. The van der Waals surface area contributed by atoms with Crippen molar-refractivity contribution in [2.45, 2.75) is 45.8 Å². The maximum Gasteiger partial charge on any atom is 0.123 e. The molecule has 1 unspecified atom stereocenters. The summed E-state index contributed by atoms with van der Waals surface area (Å²) in [4.78, 5) is 15.9. The van der Waals surface area contributed by atoms with Gasteiger partial charge in [-0.1, -0.05) is 20.8 Å². The van der Waals surface area contributed by atoms with E-state index in [1.54, 1.807) is 11.3 Å². The number of rotatable bonds is 3. The molecule has 1 aliphatic rings. The van der Waals surface area contributed by atoms with Gasteiger partial charge in [-0.05, 0) is 6.92 Å². The zero-order valence-corrected chi connectivity index (χ0v) is 15.1. The minimum atomic E-state index is 0.0586. The van der Waals surface area contributed by atoms with E-state index in [2.05, 4.69) is 41.0 Å². The SMILES string of the molecule is Cc1cnc(CN2CCOC(c3nc(C(C)(C)C)cs3)C2)cn1. The van der Waals surface area contributed by atoms with Crippen molar-refractivity contribution >= 4 is 11.3 Å². The van der Waals surface area contributed by atoms with Crippen molar-refractivity contribution in [3.8, 4) is 0 Å². The lowest BCUT2D eigenvalue weighted by Crippen LogP contribution is -2.38. The van der Waals surface area contributed by atoms with Gasteiger partial charge in [-0.25, -0.2) is 4.98 Å². The van der Waals surface area contributed by atoms with Gasteiger partial charge in [0.2, 0.25) is 0 Å². The van der Waals surface area contributed by atoms with Gasteiger partial charge in [0.25, 0.3) is 0 Å². The molecule has 3 heterocycles. The van der Waals surface area contributed by atoms with Crippen LogP contribution in [-0.4, -0.2) is 39.5 Å². The number of aromatic nitrogens is 3. The maximum atomic E-state index is 5.95. The van der Waals surface area contributed by atoms with Gasteiger partial charge in [0.1, 0.15) is 11.1 Å². The first-order valence-electron chi connectivity index (χ1n) is 7.99. The van der Waals surface area contributed by atoms with E-state index < -0.39 is 0 Å². The summed E-state index contributed by atoms with van der Waals surface area (Å²) in [7, 11) is 0. The highest BCUT2D eigenvalue weighted by Crippen LogP contribution is 2.30. The molecule has 0 radical (unpaired) electrons. The summed E-state index contributed by atoms with van der Waals surface area (Å²) in [5, 5.41) is 3.23. The molecular weight excluding hydrogens is 308 g/mol. The average Bonchev–Trinajstić information content (AvgIpc) is 3.00. The third kappa shape index (κ3) is 4.13. The summed E-state index contributed by atoms with van der Waals surface area (Å²) in [6.45, 7) is 11.8. The molecular formula is C17H24N4OS. The topological polar surface area (TPSA) is 51.1 Å². The first kappa shape index (κ1) is 16.5. The fraction of sp³-hybridized carbons (Fsp3) is 0.588. The van der Waals surface area contributed by atoms with Crippen molar-refractivity contribution in [3.63, 3.8) is 0 Å². The number of aryl methyl sites for hydroxylation is 1. The molecule has 23 heavy (non-hydrogen) atoms. The second kappa shape index (κ2) is 6.63. The summed E-state index contributed by atoms with van der Waals surface area (Å²) in [5.74, 6) is 0. The van der Waals surface area contributed by atoms with Crippen LogP contribution >= 0.6 is 11.3 Å². The van der Waals surface area contributed by atoms with Crippen molar-refractivity contribution in [2.24, 2.45) is 0 Å². The number of hydrogen-bond donors (Lipinski definition) is 0. The summed E-state index contributed by atoms with van der Waals surface area (Å²) in [6.07, 6.45) is 3.74. The average molecular weight is 332 g/mol. The summed E-state index contributed by atoms with van der Waals surface area (Å²) in [5.41, 5.74) is 3.18. The van der Waals surface area contributed by atoms with Crippen LogP contribution in [0.2, 0.25) is 0 Å². The minimum absolute atomic E-state index is 0.0586. The molecule has 1 aliphatic heterocycles. The molecule has 3 rings (SSSR count). The van der Waals surface area contributed by atoms with Crippen LogP contribution in [0.25, 0.3) is 0 Å². The molecule has 0 aliphatic carbocycles. The molecule has 124 valence electrons. The Morgan fingerprint density at radius 2 is 2.13 bits per heavy atom. The molecule has 2 aromatic rings. The molecule has 0 amide bonds. The van der Waals surface area contributed by atoms with E-state index in [0.29, 0.717) is 0 Å². The van der Waals surface area contributed by atoms with Gasteiger partial charge < -0.3 is 4.74 Å². The van der Waals surface area contributed by atoms with Crippen molar-refractivity contribution in [1.82, 2.24) is 19.9 Å². The summed E-state index contributed by atoms with van der Waals surface area (Å²) >= 11 is 1.70. The first-order valence-corrected chi connectivity index (χ1v) is 8.87. The van der Waals surface area contributed by atoms with E-state index in [4.69, 9.17) is 9.72 Å². The lowest BCUT2D eigenvalue weighted by molar-refractivity contribution is -0.0334. The molecule has 6 heteroatoms. The van der Waals surface area contributed by atoms with Crippen LogP contribution in [-0.2, 0) is 16.7 Å². The lowest BCUT2D eigenvalue weighted by Gasteiger charge is -2.31. The monoisotopic (exact) mass is 332 g/mol. The summed E-state index contributed by atoms with van der Waals surface area (Å²) in [6, 6.07) is 0. The van der Waals surface area contributed by atoms with Gasteiger partial charge in [-0.15, -0.1) is 11.3 Å². The predicted octanol–water partition coefficient (Wildman–Crippen LogP) is 3.11. The van der Waals surface area contributed by atoms with Crippen LogP contribution in [0.4, 0.5) is 0 Å². The Balaban J connectivity index is 1.66. The van der Waals surface area contributed by atoms with Gasteiger partial charge in [0.15, 0.2) is 0 Å². The van der Waals surface area contributed by atoms with Crippen LogP contribution in [0.5, 0.6) is 0 Å². The minimum Gasteiger partial charge on any atom is -0.368 e. The smallest absolute Gasteiger partial charge is 0.123 e. The number of ether oxygens (including phenoxy) is 1. The highest BCUT2D eigenvalue weighted by atomic mass is 32.1. The zero-order valence-electron chi connectivity index (χ0n) is 14.2. The van der Waals surface area contributed by atoms with Gasteiger partial charge in [-0.2, -0.15) is 0 Å². The van der Waals surface area contributed by atoms with E-state index in [-0.39, 0.29) is 11.5 Å². The standard InChI is InChI=1S/C17H24N4OS/c1-12-7-19-13(8-18-12)9-21-5-6-22-14(10-21)16-20-15(11-23-16)17(2,3)4/h7-8,11,14H,5-6,9-10H2,1-4H3. The Morgan fingerprint density at radius 3 is 2.78 bits per heavy atom. The second-order valence-electron chi connectivity index (χ2n) is 7.06. The number of morpholine rings is 1. The van der Waals surface area contributed by atoms with Crippen molar-refractivity contribution < 1.29 is 4.74 Å². The second-order valence-corrected chi connectivity index (χ2v) is 7.95. The highest BCUT2D eigenvalue weighted by molar-refractivity contribution is 7.09. The molecule has 1 fully saturated rings. The predicted molar refractivity (Wildman–Crippen MR) is 91.6 cm³/mol. The fourth-order valence-electron chi connectivity index (χ4n) is 2.51. The Morgan fingerprint density at radius 1 is 1.30 bits per heavy atom. The molecule has 5 nitrogen and oxygen atoms in total. The molecule has 0 saturated carbocycles. The molecule has 0 bridgehead atoms. The third-order valence-corrected chi connectivity index (χ3v) is 4.87. The van der Waals surface area contributed by atoms with Crippen LogP contribution in [0.3, 0.4) is 0 Å². The zero-order chi connectivity index (χ0) is 16.4. The van der Waals surface area contributed by atoms with E-state index >= 15 is 0 Å². The van der Waals surface area contributed by atoms with Gasteiger partial charge in [-0.3, -0.25) is 14.9 Å². The van der Waals surface area contributed by atoms with Crippen LogP contribution in [0, 0.1) is 6.92 Å². The molecule has 0 spiro atoms. The molecule has 1 atom stereocenters. The van der Waals surface area contributed by atoms with Crippen LogP contribution in [0.1, 0.15) is 49.0 Å². The Bertz CT molecular complexity index is 647.